The molecule has 3 aromatic carbocycles. The number of fused-ring (bicyclic) bond motifs is 1. The molecule has 4 aromatic rings. The van der Waals surface area contributed by atoms with Crippen molar-refractivity contribution in [2.75, 3.05) is 18.1 Å². The number of carbonyl (C=O) groups is 2. The first-order valence-corrected chi connectivity index (χ1v) is 14.6. The summed E-state index contributed by atoms with van der Waals surface area (Å²) < 4.78 is 26.1. The van der Waals surface area contributed by atoms with Gasteiger partial charge in [-0.25, -0.2) is 9.37 Å². The van der Waals surface area contributed by atoms with Crippen molar-refractivity contribution >= 4 is 44.1 Å². The molecule has 7 nitrogen and oxygen atoms in total. The number of amides is 1. The van der Waals surface area contributed by atoms with Crippen molar-refractivity contribution in [1.29, 1.82) is 0 Å². The van der Waals surface area contributed by atoms with Gasteiger partial charge in [0.15, 0.2) is 5.13 Å². The van der Waals surface area contributed by atoms with Gasteiger partial charge in [0.25, 0.3) is 5.78 Å². The largest absolute Gasteiger partial charge is 0.507 e. The number of aliphatic hydroxyl groups is 1. The van der Waals surface area contributed by atoms with Crippen molar-refractivity contribution < 1.29 is 28.6 Å². The second-order valence-corrected chi connectivity index (χ2v) is 10.8. The van der Waals surface area contributed by atoms with Crippen LogP contribution in [0, 0.1) is 5.82 Å². The van der Waals surface area contributed by atoms with Gasteiger partial charge in [-0.1, -0.05) is 50.2 Å². The number of aliphatic hydroxyl groups excluding tert-OH is 1. The fourth-order valence-corrected chi connectivity index (χ4v) is 5.75. The fourth-order valence-electron chi connectivity index (χ4n) is 4.74. The molecule has 212 valence electrons. The summed E-state index contributed by atoms with van der Waals surface area (Å²) in [6, 6.07) is 17.1. The molecule has 0 spiro atoms. The standard InChI is InChI=1S/C32H31FN2O5S/c1-3-5-6-17-40-24-9-7-8-21(18-24)28-27(29(36)20-10-13-23(14-11-20)39-16-4-2)30(37)31(38)35(28)32-34-25-15-12-22(33)19-26(25)41-32/h7-15,18-19,28,36H,3-6,16-17H2,1-2H3. The van der Waals surface area contributed by atoms with Crippen molar-refractivity contribution in [3.63, 3.8) is 0 Å². The Morgan fingerprint density at radius 1 is 0.951 bits per heavy atom. The summed E-state index contributed by atoms with van der Waals surface area (Å²) in [7, 11) is 0. The number of Topliss-reactive ketones (excluding diaryl/α,β-unsaturated/α-hetero) is 1. The van der Waals surface area contributed by atoms with Crippen molar-refractivity contribution in [2.45, 2.75) is 45.6 Å². The molecule has 1 aliphatic rings. The number of halogens is 1. The van der Waals surface area contributed by atoms with Crippen LogP contribution in [0.25, 0.3) is 16.0 Å². The number of thiazole rings is 1. The third-order valence-corrected chi connectivity index (χ3v) is 7.80. The molecule has 41 heavy (non-hydrogen) atoms. The SMILES string of the molecule is CCCCCOc1cccc(C2C(=C(O)c3ccc(OCCC)cc3)C(=O)C(=O)N2c2nc3ccc(F)cc3s2)c1. The van der Waals surface area contributed by atoms with Gasteiger partial charge in [0.1, 0.15) is 23.1 Å². The maximum atomic E-state index is 13.9. The Labute approximate surface area is 241 Å². The molecule has 0 radical (unpaired) electrons. The van der Waals surface area contributed by atoms with E-state index in [1.165, 1.54) is 23.1 Å². The van der Waals surface area contributed by atoms with Crippen molar-refractivity contribution in [3.8, 4) is 11.5 Å². The smallest absolute Gasteiger partial charge is 0.301 e. The summed E-state index contributed by atoms with van der Waals surface area (Å²) in [4.78, 5) is 32.9. The molecule has 1 fully saturated rings. The summed E-state index contributed by atoms with van der Waals surface area (Å²) in [6.07, 6.45) is 3.86. The summed E-state index contributed by atoms with van der Waals surface area (Å²) in [5.74, 6) is -1.17. The van der Waals surface area contributed by atoms with E-state index in [9.17, 15) is 19.1 Å². The Kier molecular flexibility index (Phi) is 8.64. The highest BCUT2D eigenvalue weighted by Gasteiger charge is 2.48. The van der Waals surface area contributed by atoms with Gasteiger partial charge in [-0.05, 0) is 73.0 Å². The lowest BCUT2D eigenvalue weighted by molar-refractivity contribution is -0.132. The van der Waals surface area contributed by atoms with Gasteiger partial charge in [0.05, 0.1) is 35.0 Å². The van der Waals surface area contributed by atoms with E-state index in [1.807, 2.05) is 13.0 Å². The van der Waals surface area contributed by atoms with E-state index in [0.717, 1.165) is 37.0 Å². The molecule has 0 aliphatic carbocycles. The highest BCUT2D eigenvalue weighted by atomic mass is 32.1. The van der Waals surface area contributed by atoms with E-state index in [-0.39, 0.29) is 16.5 Å². The van der Waals surface area contributed by atoms with Crippen molar-refractivity contribution in [1.82, 2.24) is 4.98 Å². The molecule has 5 rings (SSSR count). The molecule has 1 atom stereocenters. The molecule has 9 heteroatoms. The molecule has 1 aliphatic heterocycles. The van der Waals surface area contributed by atoms with Crippen LogP contribution in [0.4, 0.5) is 9.52 Å². The van der Waals surface area contributed by atoms with E-state index >= 15 is 0 Å². The molecule has 1 N–H and O–H groups in total. The summed E-state index contributed by atoms with van der Waals surface area (Å²) >= 11 is 1.11. The second kappa shape index (κ2) is 12.5. The molecular formula is C32H31FN2O5S. The van der Waals surface area contributed by atoms with Gasteiger partial charge in [-0.2, -0.15) is 0 Å². The lowest BCUT2D eigenvalue weighted by atomic mass is 9.95. The molecule has 1 aromatic heterocycles. The van der Waals surface area contributed by atoms with E-state index in [4.69, 9.17) is 9.47 Å². The predicted molar refractivity (Wildman–Crippen MR) is 158 cm³/mol. The highest BCUT2D eigenvalue weighted by molar-refractivity contribution is 7.22. The minimum atomic E-state index is -0.976. The molecule has 1 unspecified atom stereocenters. The van der Waals surface area contributed by atoms with Crippen LogP contribution in [-0.4, -0.2) is 35.0 Å². The monoisotopic (exact) mass is 574 g/mol. The van der Waals surface area contributed by atoms with Gasteiger partial charge < -0.3 is 14.6 Å². The lowest BCUT2D eigenvalue weighted by Gasteiger charge is -2.23. The molecule has 0 bridgehead atoms. The maximum Gasteiger partial charge on any atom is 0.301 e. The summed E-state index contributed by atoms with van der Waals surface area (Å²) in [5.41, 5.74) is 1.38. The summed E-state index contributed by atoms with van der Waals surface area (Å²) in [6.45, 7) is 5.21. The van der Waals surface area contributed by atoms with Crippen LogP contribution >= 0.6 is 11.3 Å². The zero-order valence-corrected chi connectivity index (χ0v) is 23.7. The number of hydrogen-bond donors (Lipinski definition) is 1. The first-order chi connectivity index (χ1) is 19.9. The van der Waals surface area contributed by atoms with Crippen LogP contribution in [0.1, 0.15) is 56.7 Å². The maximum absolute atomic E-state index is 13.9. The number of ketones is 1. The zero-order valence-electron chi connectivity index (χ0n) is 22.9. The summed E-state index contributed by atoms with van der Waals surface area (Å²) in [5, 5.41) is 11.7. The Hall–Kier alpha value is -4.24. The number of carbonyl (C=O) groups excluding carboxylic acids is 2. The predicted octanol–water partition coefficient (Wildman–Crippen LogP) is 7.42. The normalized spacial score (nSPS) is 16.5. The molecule has 1 amide bonds. The van der Waals surface area contributed by atoms with Crippen LogP contribution in [-0.2, 0) is 9.59 Å². The van der Waals surface area contributed by atoms with E-state index in [0.29, 0.717) is 46.1 Å². The van der Waals surface area contributed by atoms with Crippen LogP contribution < -0.4 is 14.4 Å². The minimum absolute atomic E-state index is 0.0641. The zero-order chi connectivity index (χ0) is 28.9. The van der Waals surface area contributed by atoms with Gasteiger partial charge >= 0.3 is 5.91 Å². The van der Waals surface area contributed by atoms with Gasteiger partial charge in [-0.15, -0.1) is 0 Å². The number of ether oxygens (including phenoxy) is 2. The minimum Gasteiger partial charge on any atom is -0.507 e. The number of benzene rings is 3. The molecular weight excluding hydrogens is 543 g/mol. The quantitative estimate of drug-likeness (QED) is 0.0868. The van der Waals surface area contributed by atoms with E-state index in [1.54, 1.807) is 42.5 Å². The van der Waals surface area contributed by atoms with Gasteiger partial charge in [0, 0.05) is 5.56 Å². The van der Waals surface area contributed by atoms with Crippen LogP contribution in [0.5, 0.6) is 11.5 Å². The Morgan fingerprint density at radius 2 is 1.73 bits per heavy atom. The number of aromatic nitrogens is 1. The van der Waals surface area contributed by atoms with Crippen LogP contribution in [0.15, 0.2) is 72.3 Å². The number of hydrogen-bond acceptors (Lipinski definition) is 7. The van der Waals surface area contributed by atoms with E-state index < -0.39 is 23.5 Å². The fraction of sp³-hybridized carbons (Fsp3) is 0.281. The Bertz CT molecular complexity index is 1600. The van der Waals surface area contributed by atoms with Crippen molar-refractivity contribution in [2.24, 2.45) is 0 Å². The van der Waals surface area contributed by atoms with Crippen LogP contribution in [0.3, 0.4) is 0 Å². The van der Waals surface area contributed by atoms with Gasteiger partial charge in [-0.3, -0.25) is 14.5 Å². The van der Waals surface area contributed by atoms with E-state index in [2.05, 4.69) is 11.9 Å². The Balaban J connectivity index is 1.60. The average molecular weight is 575 g/mol. The first kappa shape index (κ1) is 28.3. The third kappa shape index (κ3) is 5.95. The highest BCUT2D eigenvalue weighted by Crippen LogP contribution is 2.45. The topological polar surface area (TPSA) is 89.0 Å². The number of nitrogens with zero attached hydrogens (tertiary/aromatic N) is 2. The van der Waals surface area contributed by atoms with Gasteiger partial charge in [0.2, 0.25) is 0 Å². The third-order valence-electron chi connectivity index (χ3n) is 6.78. The van der Waals surface area contributed by atoms with Crippen molar-refractivity contribution in [3.05, 3.63) is 89.2 Å². The van der Waals surface area contributed by atoms with Crippen LogP contribution in [0.2, 0.25) is 0 Å². The number of anilines is 1. The molecule has 2 heterocycles. The number of rotatable bonds is 11. The average Bonchev–Trinajstić information content (AvgIpc) is 3.51. The Morgan fingerprint density at radius 3 is 2.49 bits per heavy atom. The second-order valence-electron chi connectivity index (χ2n) is 9.78. The molecule has 0 saturated carbocycles. The number of unbranched alkanes of at least 4 members (excludes halogenated alkanes) is 2. The molecule has 1 saturated heterocycles. The lowest BCUT2D eigenvalue weighted by Crippen LogP contribution is -2.29. The first-order valence-electron chi connectivity index (χ1n) is 13.7.